The summed E-state index contributed by atoms with van der Waals surface area (Å²) in [6, 6.07) is 16.0. The number of aromatic nitrogens is 2. The number of hydrogen-bond acceptors (Lipinski definition) is 6. The van der Waals surface area contributed by atoms with Gasteiger partial charge in [0, 0.05) is 12.1 Å². The van der Waals surface area contributed by atoms with Crippen LogP contribution in [0.15, 0.2) is 66.4 Å². The highest BCUT2D eigenvalue weighted by Crippen LogP contribution is 2.43. The number of likely N-dealkylation sites (tertiary alicyclic amines) is 1. The molecule has 0 radical (unpaired) electrons. The molecule has 2 aromatic carbocycles. The van der Waals surface area contributed by atoms with Crippen LogP contribution in [0, 0.1) is 6.92 Å². The minimum absolute atomic E-state index is 0.0417. The number of ether oxygens (including phenoxy) is 1. The molecule has 8 nitrogen and oxygen atoms in total. The van der Waals surface area contributed by atoms with E-state index >= 15 is 0 Å². The van der Waals surface area contributed by atoms with Gasteiger partial charge in [-0.1, -0.05) is 36.4 Å². The Morgan fingerprint density at radius 3 is 2.46 bits per heavy atom. The summed E-state index contributed by atoms with van der Waals surface area (Å²) in [5.74, 6) is -1.04. The summed E-state index contributed by atoms with van der Waals surface area (Å²) in [7, 11) is 5.46. The smallest absolute Gasteiger partial charge is 0.295 e. The van der Waals surface area contributed by atoms with Crippen LogP contribution in [-0.2, 0) is 9.59 Å². The van der Waals surface area contributed by atoms with E-state index in [0.717, 1.165) is 12.2 Å². The van der Waals surface area contributed by atoms with Crippen molar-refractivity contribution in [2.75, 3.05) is 34.3 Å². The van der Waals surface area contributed by atoms with Gasteiger partial charge < -0.3 is 19.6 Å². The predicted molar refractivity (Wildman–Crippen MR) is 133 cm³/mol. The van der Waals surface area contributed by atoms with Gasteiger partial charge in [0.15, 0.2) is 0 Å². The number of carbonyl (C=O) groups is 2. The van der Waals surface area contributed by atoms with Crippen molar-refractivity contribution >= 4 is 17.4 Å². The van der Waals surface area contributed by atoms with E-state index in [1.165, 1.54) is 11.1 Å². The summed E-state index contributed by atoms with van der Waals surface area (Å²) in [4.78, 5) is 30.0. The van der Waals surface area contributed by atoms with Crippen molar-refractivity contribution in [2.24, 2.45) is 0 Å². The lowest BCUT2D eigenvalue weighted by atomic mass is 9.94. The van der Waals surface area contributed by atoms with Gasteiger partial charge in [0.25, 0.3) is 11.7 Å². The Morgan fingerprint density at radius 1 is 1.09 bits per heavy atom. The predicted octanol–water partition coefficient (Wildman–Crippen LogP) is 3.56. The van der Waals surface area contributed by atoms with Crippen LogP contribution in [0.4, 0.5) is 0 Å². The quantitative estimate of drug-likeness (QED) is 0.305. The number of carbonyl (C=O) groups excluding carboxylic acids is 2. The Hall–Kier alpha value is -3.91. The van der Waals surface area contributed by atoms with E-state index in [1.54, 1.807) is 17.9 Å². The molecular formula is C27H30N4O4. The van der Waals surface area contributed by atoms with Crippen molar-refractivity contribution < 1.29 is 19.4 Å². The van der Waals surface area contributed by atoms with Gasteiger partial charge in [-0.15, -0.1) is 0 Å². The Morgan fingerprint density at radius 2 is 1.77 bits per heavy atom. The first-order chi connectivity index (χ1) is 16.8. The molecule has 0 spiro atoms. The first-order valence-electron chi connectivity index (χ1n) is 11.5. The van der Waals surface area contributed by atoms with Crippen molar-refractivity contribution in [1.82, 2.24) is 19.6 Å². The monoisotopic (exact) mass is 474 g/mol. The molecule has 35 heavy (non-hydrogen) atoms. The van der Waals surface area contributed by atoms with Gasteiger partial charge in [0.1, 0.15) is 11.5 Å². The Balaban J connectivity index is 1.84. The second kappa shape index (κ2) is 10.1. The molecule has 0 bridgehead atoms. The molecular weight excluding hydrogens is 444 g/mol. The molecule has 0 unspecified atom stereocenters. The summed E-state index contributed by atoms with van der Waals surface area (Å²) in [5, 5.41) is 15.9. The van der Waals surface area contributed by atoms with Crippen molar-refractivity contribution in [2.45, 2.75) is 19.4 Å². The lowest BCUT2D eigenvalue weighted by Gasteiger charge is -2.27. The maximum atomic E-state index is 13.3. The maximum Gasteiger partial charge on any atom is 0.295 e. The molecule has 1 fully saturated rings. The first kappa shape index (κ1) is 24.2. The fourth-order valence-electron chi connectivity index (χ4n) is 4.50. The largest absolute Gasteiger partial charge is 0.507 e. The number of nitrogens with zero attached hydrogens (tertiary/aromatic N) is 4. The van der Waals surface area contributed by atoms with Gasteiger partial charge in [-0.05, 0) is 52.2 Å². The van der Waals surface area contributed by atoms with E-state index in [9.17, 15) is 14.7 Å². The molecule has 0 saturated carbocycles. The van der Waals surface area contributed by atoms with Gasteiger partial charge in [-0.3, -0.25) is 9.59 Å². The highest BCUT2D eigenvalue weighted by Gasteiger charge is 2.47. The van der Waals surface area contributed by atoms with Crippen LogP contribution in [0.1, 0.15) is 29.3 Å². The van der Waals surface area contributed by atoms with Crippen LogP contribution in [-0.4, -0.2) is 70.7 Å². The number of amides is 1. The molecule has 4 rings (SSSR count). The van der Waals surface area contributed by atoms with Gasteiger partial charge >= 0.3 is 0 Å². The van der Waals surface area contributed by atoms with E-state index in [1.807, 2.05) is 74.4 Å². The topological polar surface area (TPSA) is 87.9 Å². The lowest BCUT2D eigenvalue weighted by Crippen LogP contribution is -2.32. The lowest BCUT2D eigenvalue weighted by molar-refractivity contribution is -0.140. The van der Waals surface area contributed by atoms with Crippen LogP contribution in [0.2, 0.25) is 0 Å². The third kappa shape index (κ3) is 4.57. The number of hydrogen-bond donors (Lipinski definition) is 1. The standard InChI is InChI=1S/C27H30N4O4/c1-18-21(17-28-31(18)19-11-6-5-7-12-19)25(32)23-24(20-13-8-9-14-22(20)35-4)30(27(34)26(23)33)16-10-15-29(2)3/h5-9,11-14,17,24,32H,10,15-16H2,1-4H3/t24-/m0/s1. The van der Waals surface area contributed by atoms with Gasteiger partial charge in [0.2, 0.25) is 0 Å². The normalized spacial score (nSPS) is 17.4. The number of benzene rings is 2. The molecule has 1 aromatic heterocycles. The zero-order valence-corrected chi connectivity index (χ0v) is 20.4. The highest BCUT2D eigenvalue weighted by atomic mass is 16.5. The van der Waals surface area contributed by atoms with E-state index < -0.39 is 17.7 Å². The molecule has 1 aliphatic rings. The molecule has 0 aliphatic carbocycles. The second-order valence-corrected chi connectivity index (χ2v) is 8.78. The Kier molecular flexibility index (Phi) is 7.02. The molecule has 3 aromatic rings. The fraction of sp³-hybridized carbons (Fsp3) is 0.296. The molecule has 1 saturated heterocycles. The van der Waals surface area contributed by atoms with Crippen LogP contribution in [0.25, 0.3) is 11.4 Å². The van der Waals surface area contributed by atoms with E-state index in [2.05, 4.69) is 5.10 Å². The zero-order chi connectivity index (χ0) is 25.1. The number of methoxy groups -OCH3 is 1. The molecule has 1 atom stereocenters. The van der Waals surface area contributed by atoms with Crippen molar-refractivity contribution in [1.29, 1.82) is 0 Å². The fourth-order valence-corrected chi connectivity index (χ4v) is 4.50. The van der Waals surface area contributed by atoms with Crippen molar-refractivity contribution in [3.05, 3.63) is 83.2 Å². The Bertz CT molecular complexity index is 1260. The number of aliphatic hydroxyl groups excluding tert-OH is 1. The van der Waals surface area contributed by atoms with Gasteiger partial charge in [0.05, 0.1) is 41.9 Å². The molecule has 1 amide bonds. The second-order valence-electron chi connectivity index (χ2n) is 8.78. The molecule has 1 aliphatic heterocycles. The number of para-hydroxylation sites is 2. The van der Waals surface area contributed by atoms with Crippen LogP contribution < -0.4 is 4.74 Å². The van der Waals surface area contributed by atoms with Crippen LogP contribution in [0.3, 0.4) is 0 Å². The zero-order valence-electron chi connectivity index (χ0n) is 20.4. The van der Waals surface area contributed by atoms with Gasteiger partial charge in [-0.25, -0.2) is 4.68 Å². The number of aliphatic hydroxyl groups is 1. The minimum Gasteiger partial charge on any atom is -0.507 e. The number of rotatable bonds is 8. The number of Topliss-reactive ketones (excluding diaryl/α,β-unsaturated/α-hetero) is 1. The Labute approximate surface area is 205 Å². The molecule has 1 N–H and O–H groups in total. The highest BCUT2D eigenvalue weighted by molar-refractivity contribution is 6.46. The summed E-state index contributed by atoms with van der Waals surface area (Å²) < 4.78 is 7.26. The van der Waals surface area contributed by atoms with E-state index in [0.29, 0.717) is 35.5 Å². The summed E-state index contributed by atoms with van der Waals surface area (Å²) >= 11 is 0. The average molecular weight is 475 g/mol. The minimum atomic E-state index is -0.771. The molecule has 8 heteroatoms. The van der Waals surface area contributed by atoms with Crippen molar-refractivity contribution in [3.63, 3.8) is 0 Å². The van der Waals surface area contributed by atoms with Crippen molar-refractivity contribution in [3.8, 4) is 11.4 Å². The maximum absolute atomic E-state index is 13.3. The third-order valence-electron chi connectivity index (χ3n) is 6.24. The summed E-state index contributed by atoms with van der Waals surface area (Å²) in [6.07, 6.45) is 2.20. The van der Waals surface area contributed by atoms with E-state index in [-0.39, 0.29) is 11.3 Å². The number of ketones is 1. The molecule has 2 heterocycles. The SMILES string of the molecule is COc1ccccc1[C@H]1C(=C(O)c2cnn(-c3ccccc3)c2C)C(=O)C(=O)N1CCCN(C)C. The average Bonchev–Trinajstić information content (AvgIpc) is 3.36. The summed E-state index contributed by atoms with van der Waals surface area (Å²) in [5.41, 5.74) is 2.58. The molecule has 182 valence electrons. The van der Waals surface area contributed by atoms with E-state index in [4.69, 9.17) is 4.74 Å². The van der Waals surface area contributed by atoms with Crippen LogP contribution >= 0.6 is 0 Å². The van der Waals surface area contributed by atoms with Gasteiger partial charge in [-0.2, -0.15) is 5.10 Å². The van der Waals surface area contributed by atoms with Crippen LogP contribution in [0.5, 0.6) is 5.75 Å². The first-order valence-corrected chi connectivity index (χ1v) is 11.5. The third-order valence-corrected chi connectivity index (χ3v) is 6.24. The summed E-state index contributed by atoms with van der Waals surface area (Å²) in [6.45, 7) is 2.94.